The molecule has 0 aliphatic rings. The van der Waals surface area contributed by atoms with Crippen LogP contribution in [0.4, 0.5) is 5.69 Å². The van der Waals surface area contributed by atoms with Crippen LogP contribution in [0, 0.1) is 0 Å². The Morgan fingerprint density at radius 2 is 1.80 bits per heavy atom. The lowest BCUT2D eigenvalue weighted by Gasteiger charge is -2.10. The highest BCUT2D eigenvalue weighted by Gasteiger charge is 2.09. The van der Waals surface area contributed by atoms with E-state index in [0.29, 0.717) is 17.0 Å². The summed E-state index contributed by atoms with van der Waals surface area (Å²) in [5.41, 5.74) is 8.02. The molecule has 0 aromatic heterocycles. The first-order chi connectivity index (χ1) is 9.61. The Labute approximate surface area is 118 Å². The van der Waals surface area contributed by atoms with E-state index in [1.165, 1.54) is 0 Å². The quantitative estimate of drug-likeness (QED) is 0.897. The number of para-hydroxylation sites is 2. The molecule has 0 spiro atoms. The number of ether oxygens (including phenoxy) is 1. The number of anilines is 1. The smallest absolute Gasteiger partial charge is 0.255 e. The van der Waals surface area contributed by atoms with Gasteiger partial charge < -0.3 is 15.8 Å². The zero-order valence-corrected chi connectivity index (χ0v) is 11.6. The molecular weight excluding hydrogens is 252 g/mol. The Balaban J connectivity index is 2.15. The van der Waals surface area contributed by atoms with Crippen LogP contribution in [-0.4, -0.2) is 13.0 Å². The van der Waals surface area contributed by atoms with Crippen molar-refractivity contribution in [3.8, 4) is 5.75 Å². The predicted octanol–water partition coefficient (Wildman–Crippen LogP) is 2.97. The largest absolute Gasteiger partial charge is 0.495 e. The first-order valence-corrected chi connectivity index (χ1v) is 6.41. The second kappa shape index (κ2) is 6.21. The number of hydrogen-bond acceptors (Lipinski definition) is 3. The molecular formula is C16H18N2O2. The summed E-state index contributed by atoms with van der Waals surface area (Å²) < 4.78 is 5.20. The van der Waals surface area contributed by atoms with Crippen molar-refractivity contribution in [3.05, 3.63) is 59.7 Å². The summed E-state index contributed by atoms with van der Waals surface area (Å²) >= 11 is 0. The molecule has 1 unspecified atom stereocenters. The van der Waals surface area contributed by atoms with Crippen LogP contribution in [0.25, 0.3) is 0 Å². The molecule has 2 rings (SSSR count). The van der Waals surface area contributed by atoms with Crippen molar-refractivity contribution < 1.29 is 9.53 Å². The van der Waals surface area contributed by atoms with Gasteiger partial charge in [0.2, 0.25) is 0 Å². The zero-order chi connectivity index (χ0) is 14.5. The third-order valence-electron chi connectivity index (χ3n) is 3.05. The molecule has 1 atom stereocenters. The normalized spacial score (nSPS) is 11.8. The highest BCUT2D eigenvalue weighted by Crippen LogP contribution is 2.23. The molecule has 0 aliphatic heterocycles. The predicted molar refractivity (Wildman–Crippen MR) is 80.0 cm³/mol. The molecule has 0 fully saturated rings. The van der Waals surface area contributed by atoms with Gasteiger partial charge in [-0.15, -0.1) is 0 Å². The standard InChI is InChI=1S/C16H18N2O2/c1-11(17)12-7-9-13(10-8-12)16(19)18-14-5-3-4-6-15(14)20-2/h3-11H,17H2,1-2H3,(H,18,19). The summed E-state index contributed by atoms with van der Waals surface area (Å²) in [6, 6.07) is 14.5. The number of hydrogen-bond donors (Lipinski definition) is 2. The molecule has 3 N–H and O–H groups in total. The van der Waals surface area contributed by atoms with E-state index in [2.05, 4.69) is 5.32 Å². The van der Waals surface area contributed by atoms with Crippen molar-refractivity contribution >= 4 is 11.6 Å². The lowest BCUT2D eigenvalue weighted by molar-refractivity contribution is 0.102. The average Bonchev–Trinajstić information content (AvgIpc) is 2.48. The monoisotopic (exact) mass is 270 g/mol. The number of rotatable bonds is 4. The van der Waals surface area contributed by atoms with E-state index in [-0.39, 0.29) is 11.9 Å². The van der Waals surface area contributed by atoms with Gasteiger partial charge >= 0.3 is 0 Å². The molecule has 20 heavy (non-hydrogen) atoms. The number of nitrogens with one attached hydrogen (secondary N) is 1. The minimum absolute atomic E-state index is 0.0404. The molecule has 2 aromatic rings. The molecule has 0 heterocycles. The third-order valence-corrected chi connectivity index (χ3v) is 3.05. The molecule has 2 aromatic carbocycles. The van der Waals surface area contributed by atoms with E-state index in [0.717, 1.165) is 5.56 Å². The number of amides is 1. The number of carbonyl (C=O) groups excluding carboxylic acids is 1. The maximum Gasteiger partial charge on any atom is 0.255 e. The molecule has 0 radical (unpaired) electrons. The van der Waals surface area contributed by atoms with E-state index in [1.807, 2.05) is 31.2 Å². The SMILES string of the molecule is COc1ccccc1NC(=O)c1ccc(C(C)N)cc1. The fraction of sp³-hybridized carbons (Fsp3) is 0.188. The van der Waals surface area contributed by atoms with Gasteiger partial charge in [-0.3, -0.25) is 4.79 Å². The van der Waals surface area contributed by atoms with Gasteiger partial charge in [-0.05, 0) is 36.8 Å². The van der Waals surface area contributed by atoms with E-state index in [1.54, 1.807) is 31.4 Å². The van der Waals surface area contributed by atoms with Crippen LogP contribution in [0.2, 0.25) is 0 Å². The van der Waals surface area contributed by atoms with Gasteiger partial charge in [0, 0.05) is 11.6 Å². The Morgan fingerprint density at radius 1 is 1.15 bits per heavy atom. The molecule has 0 aliphatic carbocycles. The lowest BCUT2D eigenvalue weighted by atomic mass is 10.1. The van der Waals surface area contributed by atoms with Crippen LogP contribution in [0.3, 0.4) is 0 Å². The molecule has 104 valence electrons. The first kappa shape index (κ1) is 14.1. The minimum atomic E-state index is -0.175. The van der Waals surface area contributed by atoms with Crippen molar-refractivity contribution in [2.75, 3.05) is 12.4 Å². The summed E-state index contributed by atoms with van der Waals surface area (Å²) in [5.74, 6) is 0.457. The first-order valence-electron chi connectivity index (χ1n) is 6.41. The second-order valence-electron chi connectivity index (χ2n) is 4.57. The van der Waals surface area contributed by atoms with E-state index in [9.17, 15) is 4.79 Å². The van der Waals surface area contributed by atoms with Crippen molar-refractivity contribution in [2.24, 2.45) is 5.73 Å². The van der Waals surface area contributed by atoms with Gasteiger partial charge in [-0.25, -0.2) is 0 Å². The van der Waals surface area contributed by atoms with Gasteiger partial charge in [-0.2, -0.15) is 0 Å². The van der Waals surface area contributed by atoms with Crippen molar-refractivity contribution in [1.82, 2.24) is 0 Å². The summed E-state index contributed by atoms with van der Waals surface area (Å²) in [6.45, 7) is 1.91. The summed E-state index contributed by atoms with van der Waals surface area (Å²) in [4.78, 5) is 12.2. The van der Waals surface area contributed by atoms with Gasteiger partial charge in [-0.1, -0.05) is 24.3 Å². The molecule has 0 saturated heterocycles. The Morgan fingerprint density at radius 3 is 2.40 bits per heavy atom. The zero-order valence-electron chi connectivity index (χ0n) is 11.6. The maximum absolute atomic E-state index is 12.2. The number of nitrogens with two attached hydrogens (primary N) is 1. The summed E-state index contributed by atoms with van der Waals surface area (Å²) in [6.07, 6.45) is 0. The Hall–Kier alpha value is -2.33. The van der Waals surface area contributed by atoms with E-state index < -0.39 is 0 Å². The van der Waals surface area contributed by atoms with E-state index >= 15 is 0 Å². The lowest BCUT2D eigenvalue weighted by Crippen LogP contribution is -2.13. The minimum Gasteiger partial charge on any atom is -0.495 e. The molecule has 4 heteroatoms. The van der Waals surface area contributed by atoms with Crippen molar-refractivity contribution in [2.45, 2.75) is 13.0 Å². The summed E-state index contributed by atoms with van der Waals surface area (Å²) in [7, 11) is 1.57. The Bertz CT molecular complexity index is 592. The maximum atomic E-state index is 12.2. The van der Waals surface area contributed by atoms with Gasteiger partial charge in [0.05, 0.1) is 12.8 Å². The van der Waals surface area contributed by atoms with Crippen LogP contribution in [0.1, 0.15) is 28.9 Å². The molecule has 1 amide bonds. The van der Waals surface area contributed by atoms with Crippen molar-refractivity contribution in [1.29, 1.82) is 0 Å². The summed E-state index contributed by atoms with van der Waals surface area (Å²) in [5, 5.41) is 2.83. The second-order valence-corrected chi connectivity index (χ2v) is 4.57. The third kappa shape index (κ3) is 3.16. The van der Waals surface area contributed by atoms with Crippen LogP contribution in [0.5, 0.6) is 5.75 Å². The van der Waals surface area contributed by atoms with Crippen LogP contribution >= 0.6 is 0 Å². The van der Waals surface area contributed by atoms with Crippen LogP contribution in [-0.2, 0) is 0 Å². The number of methoxy groups -OCH3 is 1. The van der Waals surface area contributed by atoms with Crippen molar-refractivity contribution in [3.63, 3.8) is 0 Å². The molecule has 0 bridgehead atoms. The number of carbonyl (C=O) groups is 1. The van der Waals surface area contributed by atoms with E-state index in [4.69, 9.17) is 10.5 Å². The van der Waals surface area contributed by atoms with Gasteiger partial charge in [0.25, 0.3) is 5.91 Å². The van der Waals surface area contributed by atoms with Crippen LogP contribution < -0.4 is 15.8 Å². The molecule has 0 saturated carbocycles. The highest BCUT2D eigenvalue weighted by molar-refractivity contribution is 6.05. The fourth-order valence-electron chi connectivity index (χ4n) is 1.88. The number of benzene rings is 2. The Kier molecular flexibility index (Phi) is 4.38. The molecule has 4 nitrogen and oxygen atoms in total. The van der Waals surface area contributed by atoms with Gasteiger partial charge in [0.1, 0.15) is 5.75 Å². The topological polar surface area (TPSA) is 64.3 Å². The average molecular weight is 270 g/mol. The fourth-order valence-corrected chi connectivity index (χ4v) is 1.88. The van der Waals surface area contributed by atoms with Crippen LogP contribution in [0.15, 0.2) is 48.5 Å². The van der Waals surface area contributed by atoms with Gasteiger partial charge in [0.15, 0.2) is 0 Å². The highest BCUT2D eigenvalue weighted by atomic mass is 16.5.